The van der Waals surface area contributed by atoms with Gasteiger partial charge in [0.25, 0.3) is 11.6 Å². The van der Waals surface area contributed by atoms with Crippen LogP contribution in [0.2, 0.25) is 10.0 Å². The normalized spacial score (nSPS) is 10.8. The summed E-state index contributed by atoms with van der Waals surface area (Å²) in [5.41, 5.74) is 1.43. The predicted molar refractivity (Wildman–Crippen MR) is 129 cm³/mol. The minimum Gasteiger partial charge on any atom is -0.497 e. The first-order valence-electron chi connectivity index (χ1n) is 9.73. The Labute approximate surface area is 205 Å². The molecule has 1 amide bonds. The van der Waals surface area contributed by atoms with E-state index in [1.807, 2.05) is 6.07 Å². The summed E-state index contributed by atoms with van der Waals surface area (Å²) in [6.07, 6.45) is 1.36. The van der Waals surface area contributed by atoms with Gasteiger partial charge in [-0.1, -0.05) is 23.2 Å². The van der Waals surface area contributed by atoms with Crippen molar-refractivity contribution in [3.8, 4) is 17.6 Å². The van der Waals surface area contributed by atoms with Crippen molar-refractivity contribution in [3.63, 3.8) is 0 Å². The van der Waals surface area contributed by atoms with Crippen LogP contribution in [-0.4, -0.2) is 17.9 Å². The monoisotopic (exact) mass is 497 g/mol. The van der Waals surface area contributed by atoms with E-state index < -0.39 is 10.8 Å². The fraction of sp³-hybridized carbons (Fsp3) is 0.0833. The molecule has 0 heterocycles. The van der Waals surface area contributed by atoms with Crippen LogP contribution in [0.1, 0.15) is 11.1 Å². The molecule has 10 heteroatoms. The first-order valence-corrected chi connectivity index (χ1v) is 10.5. The highest BCUT2D eigenvalue weighted by Crippen LogP contribution is 2.35. The average molecular weight is 498 g/mol. The van der Waals surface area contributed by atoms with E-state index in [1.54, 1.807) is 36.4 Å². The van der Waals surface area contributed by atoms with Gasteiger partial charge in [-0.2, -0.15) is 5.26 Å². The average Bonchev–Trinajstić information content (AvgIpc) is 2.82. The molecule has 0 saturated carbocycles. The lowest BCUT2D eigenvalue weighted by Crippen LogP contribution is -2.13. The van der Waals surface area contributed by atoms with Gasteiger partial charge in [-0.3, -0.25) is 14.9 Å². The molecule has 1 N–H and O–H groups in total. The molecule has 3 aromatic rings. The Morgan fingerprint density at radius 1 is 1.12 bits per heavy atom. The molecule has 34 heavy (non-hydrogen) atoms. The summed E-state index contributed by atoms with van der Waals surface area (Å²) in [4.78, 5) is 22.8. The number of nitro groups is 1. The number of amides is 1. The highest BCUT2D eigenvalue weighted by atomic mass is 35.5. The summed E-state index contributed by atoms with van der Waals surface area (Å²) in [6, 6.07) is 17.4. The molecule has 0 unspecified atom stereocenters. The fourth-order valence-electron chi connectivity index (χ4n) is 2.86. The van der Waals surface area contributed by atoms with Gasteiger partial charge in [0.05, 0.1) is 22.1 Å². The Morgan fingerprint density at radius 2 is 1.74 bits per heavy atom. The number of carbonyl (C=O) groups excluding carboxylic acids is 1. The van der Waals surface area contributed by atoms with Crippen LogP contribution in [0.25, 0.3) is 6.08 Å². The van der Waals surface area contributed by atoms with Crippen molar-refractivity contribution < 1.29 is 19.2 Å². The molecule has 8 nitrogen and oxygen atoms in total. The molecule has 0 aliphatic carbocycles. The Kier molecular flexibility index (Phi) is 8.09. The van der Waals surface area contributed by atoms with Crippen molar-refractivity contribution >= 4 is 46.6 Å². The van der Waals surface area contributed by atoms with E-state index in [4.69, 9.17) is 32.7 Å². The second-order valence-electron chi connectivity index (χ2n) is 6.88. The molecule has 0 radical (unpaired) electrons. The fourth-order valence-corrected chi connectivity index (χ4v) is 3.47. The predicted octanol–water partition coefficient (Wildman–Crippen LogP) is 6.03. The lowest BCUT2D eigenvalue weighted by atomic mass is 10.1. The first-order chi connectivity index (χ1) is 16.3. The van der Waals surface area contributed by atoms with Crippen molar-refractivity contribution in [3.05, 3.63) is 97.5 Å². The van der Waals surface area contributed by atoms with Crippen molar-refractivity contribution in [1.82, 2.24) is 0 Å². The van der Waals surface area contributed by atoms with Crippen LogP contribution in [0.3, 0.4) is 0 Å². The molecule has 3 rings (SSSR count). The summed E-state index contributed by atoms with van der Waals surface area (Å²) in [6.45, 7) is 0.0837. The third kappa shape index (κ3) is 6.25. The third-order valence-electron chi connectivity index (χ3n) is 4.57. The lowest BCUT2D eigenvalue weighted by molar-refractivity contribution is -0.384. The van der Waals surface area contributed by atoms with E-state index in [-0.39, 0.29) is 33.7 Å². The van der Waals surface area contributed by atoms with Gasteiger partial charge in [0.1, 0.15) is 24.0 Å². The van der Waals surface area contributed by atoms with E-state index in [2.05, 4.69) is 5.32 Å². The van der Waals surface area contributed by atoms with Crippen LogP contribution in [0.15, 0.2) is 66.2 Å². The number of anilines is 1. The number of methoxy groups -OCH3 is 1. The topological polar surface area (TPSA) is 114 Å². The van der Waals surface area contributed by atoms with Gasteiger partial charge < -0.3 is 14.8 Å². The van der Waals surface area contributed by atoms with Crippen LogP contribution >= 0.6 is 23.2 Å². The number of non-ortho nitro benzene ring substituents is 1. The van der Waals surface area contributed by atoms with Gasteiger partial charge in [0, 0.05) is 17.8 Å². The number of hydrogen-bond donors (Lipinski definition) is 1. The smallest absolute Gasteiger partial charge is 0.269 e. The molecule has 0 aromatic heterocycles. The highest BCUT2D eigenvalue weighted by molar-refractivity contribution is 6.37. The Balaban J connectivity index is 1.73. The molecule has 0 spiro atoms. The minimum atomic E-state index is -0.599. The Morgan fingerprint density at radius 3 is 2.26 bits per heavy atom. The van der Waals surface area contributed by atoms with Gasteiger partial charge in [-0.25, -0.2) is 0 Å². The minimum absolute atomic E-state index is 0.0275. The number of nitrogens with one attached hydrogen (secondary N) is 1. The van der Waals surface area contributed by atoms with Crippen molar-refractivity contribution in [2.75, 3.05) is 12.4 Å². The second-order valence-corrected chi connectivity index (χ2v) is 7.69. The van der Waals surface area contributed by atoms with Crippen LogP contribution < -0.4 is 14.8 Å². The highest BCUT2D eigenvalue weighted by Gasteiger charge is 2.14. The number of halogens is 2. The Hall–Kier alpha value is -4.06. The van der Waals surface area contributed by atoms with Gasteiger partial charge in [0.2, 0.25) is 0 Å². The molecular weight excluding hydrogens is 481 g/mol. The summed E-state index contributed by atoms with van der Waals surface area (Å²) < 4.78 is 10.8. The maximum atomic E-state index is 12.5. The SMILES string of the molecule is COc1ccc(NC(=O)/C(C#N)=C\c2cc(Cl)c(OCc3ccc([N+](=O)[O-])cc3)c(Cl)c2)cc1. The number of nitrogens with zero attached hydrogens (tertiary/aromatic N) is 2. The molecule has 0 aliphatic rings. The zero-order valence-electron chi connectivity index (χ0n) is 17.7. The van der Waals surface area contributed by atoms with E-state index >= 15 is 0 Å². The number of hydrogen-bond acceptors (Lipinski definition) is 6. The molecule has 0 saturated heterocycles. The van der Waals surface area contributed by atoms with Crippen LogP contribution in [0, 0.1) is 21.4 Å². The van der Waals surface area contributed by atoms with Crippen molar-refractivity contribution in [2.24, 2.45) is 0 Å². The number of nitro benzene ring substituents is 1. The molecule has 172 valence electrons. The van der Waals surface area contributed by atoms with Crippen LogP contribution in [0.5, 0.6) is 11.5 Å². The molecule has 3 aromatic carbocycles. The maximum absolute atomic E-state index is 12.5. The molecule has 0 atom stereocenters. The lowest BCUT2D eigenvalue weighted by Gasteiger charge is -2.11. The summed E-state index contributed by atoms with van der Waals surface area (Å²) in [5.74, 6) is 0.243. The number of carbonyl (C=O) groups is 1. The molecule has 0 aliphatic heterocycles. The van der Waals surface area contributed by atoms with Gasteiger partial charge in [-0.05, 0) is 65.7 Å². The van der Waals surface area contributed by atoms with Gasteiger partial charge in [0.15, 0.2) is 5.75 Å². The van der Waals surface area contributed by atoms with Crippen molar-refractivity contribution in [2.45, 2.75) is 6.61 Å². The summed E-state index contributed by atoms with van der Waals surface area (Å²) >= 11 is 12.6. The maximum Gasteiger partial charge on any atom is 0.269 e. The summed E-state index contributed by atoms with van der Waals surface area (Å²) in [5, 5.41) is 23.2. The number of nitriles is 1. The van der Waals surface area contributed by atoms with E-state index in [0.717, 1.165) is 0 Å². The molecule has 0 bridgehead atoms. The number of benzene rings is 3. The van der Waals surface area contributed by atoms with Crippen molar-refractivity contribution in [1.29, 1.82) is 5.26 Å². The molecular formula is C24H17Cl2N3O5. The first kappa shape index (κ1) is 24.6. The quantitative estimate of drug-likeness (QED) is 0.175. The zero-order valence-corrected chi connectivity index (χ0v) is 19.3. The van der Waals surface area contributed by atoms with Crippen LogP contribution in [0.4, 0.5) is 11.4 Å². The zero-order chi connectivity index (χ0) is 24.7. The van der Waals surface area contributed by atoms with E-state index in [0.29, 0.717) is 22.6 Å². The summed E-state index contributed by atoms with van der Waals surface area (Å²) in [7, 11) is 1.53. The van der Waals surface area contributed by atoms with E-state index in [9.17, 15) is 20.2 Å². The second kappa shape index (κ2) is 11.2. The standard InChI is InChI=1S/C24H17Cl2N3O5/c1-33-20-8-4-18(5-9-20)28-24(30)17(13-27)10-16-11-21(25)23(22(26)12-16)34-14-15-2-6-19(7-3-15)29(31)32/h2-12H,14H2,1H3,(H,28,30)/b17-10-. The van der Waals surface area contributed by atoms with Gasteiger partial charge >= 0.3 is 0 Å². The third-order valence-corrected chi connectivity index (χ3v) is 5.14. The largest absolute Gasteiger partial charge is 0.497 e. The number of ether oxygens (including phenoxy) is 2. The number of rotatable bonds is 8. The van der Waals surface area contributed by atoms with Gasteiger partial charge in [-0.15, -0.1) is 0 Å². The molecule has 0 fully saturated rings. The Bertz CT molecular complexity index is 1260. The van der Waals surface area contributed by atoms with E-state index in [1.165, 1.54) is 37.5 Å². The van der Waals surface area contributed by atoms with Crippen LogP contribution in [-0.2, 0) is 11.4 Å².